The highest BCUT2D eigenvalue weighted by molar-refractivity contribution is 7.92. The molecule has 0 spiro atoms. The molecule has 0 bridgehead atoms. The van der Waals surface area contributed by atoms with E-state index in [9.17, 15) is 13.2 Å². The highest BCUT2D eigenvalue weighted by atomic mass is 32.2. The number of carbonyl (C=O) groups is 1. The minimum Gasteiger partial charge on any atom is -0.469 e. The number of ether oxygens (including phenoxy) is 1. The number of aromatic nitrogens is 1. The number of anilines is 2. The summed E-state index contributed by atoms with van der Waals surface area (Å²) in [5, 5.41) is 3.05. The van der Waals surface area contributed by atoms with Crippen molar-refractivity contribution in [2.45, 2.75) is 24.7 Å². The van der Waals surface area contributed by atoms with Crippen LogP contribution in [0.25, 0.3) is 0 Å². The van der Waals surface area contributed by atoms with Crippen LogP contribution in [0.4, 0.5) is 11.5 Å². The molecule has 0 atom stereocenters. The molecule has 0 aliphatic carbocycles. The van der Waals surface area contributed by atoms with Crippen LogP contribution in [-0.2, 0) is 19.6 Å². The van der Waals surface area contributed by atoms with Gasteiger partial charge in [0.2, 0.25) is 0 Å². The average molecular weight is 377 g/mol. The second-order valence-electron chi connectivity index (χ2n) is 5.49. The van der Waals surface area contributed by atoms with Crippen molar-refractivity contribution in [3.05, 3.63) is 48.7 Å². The molecule has 0 aliphatic rings. The molecule has 1 aromatic heterocycles. The molecule has 140 valence electrons. The summed E-state index contributed by atoms with van der Waals surface area (Å²) in [4.78, 5) is 15.3. The van der Waals surface area contributed by atoms with Gasteiger partial charge in [-0.3, -0.25) is 9.10 Å². The normalized spacial score (nSPS) is 11.0. The van der Waals surface area contributed by atoms with Gasteiger partial charge in [0.25, 0.3) is 10.0 Å². The van der Waals surface area contributed by atoms with Gasteiger partial charge >= 0.3 is 5.97 Å². The van der Waals surface area contributed by atoms with Gasteiger partial charge < -0.3 is 10.1 Å². The van der Waals surface area contributed by atoms with Crippen molar-refractivity contribution >= 4 is 27.5 Å². The molecule has 0 amide bonds. The maximum atomic E-state index is 12.9. The maximum absolute atomic E-state index is 12.9. The molecule has 7 nitrogen and oxygen atoms in total. The number of methoxy groups -OCH3 is 1. The number of hydrogen-bond acceptors (Lipinski definition) is 6. The summed E-state index contributed by atoms with van der Waals surface area (Å²) in [7, 11) is -2.33. The zero-order valence-electron chi connectivity index (χ0n) is 14.9. The van der Waals surface area contributed by atoms with E-state index in [4.69, 9.17) is 0 Å². The van der Waals surface area contributed by atoms with Crippen molar-refractivity contribution in [3.8, 4) is 0 Å². The Balaban J connectivity index is 2.05. The Morgan fingerprint density at radius 3 is 2.50 bits per heavy atom. The van der Waals surface area contributed by atoms with E-state index >= 15 is 0 Å². The van der Waals surface area contributed by atoms with Crippen LogP contribution < -0.4 is 9.62 Å². The Hall–Kier alpha value is -2.61. The van der Waals surface area contributed by atoms with E-state index in [1.54, 1.807) is 37.3 Å². The van der Waals surface area contributed by atoms with Gasteiger partial charge in [-0.05, 0) is 37.6 Å². The molecule has 0 unspecified atom stereocenters. The Bertz CT molecular complexity index is 808. The Morgan fingerprint density at radius 2 is 1.92 bits per heavy atom. The minimum absolute atomic E-state index is 0.128. The fourth-order valence-electron chi connectivity index (χ4n) is 2.40. The third-order valence-corrected chi connectivity index (χ3v) is 5.63. The van der Waals surface area contributed by atoms with Crippen LogP contribution in [0.15, 0.2) is 53.6 Å². The fourth-order valence-corrected chi connectivity index (χ4v) is 3.82. The molecule has 0 radical (unpaired) electrons. The van der Waals surface area contributed by atoms with Gasteiger partial charge in [0.05, 0.1) is 12.8 Å². The van der Waals surface area contributed by atoms with E-state index in [-0.39, 0.29) is 10.9 Å². The smallest absolute Gasteiger partial charge is 0.305 e. The number of rotatable bonds is 9. The van der Waals surface area contributed by atoms with Crippen molar-refractivity contribution in [2.75, 3.05) is 29.8 Å². The van der Waals surface area contributed by atoms with Gasteiger partial charge in [0.15, 0.2) is 0 Å². The van der Waals surface area contributed by atoms with Crippen molar-refractivity contribution < 1.29 is 17.9 Å². The molecule has 26 heavy (non-hydrogen) atoms. The molecule has 0 saturated carbocycles. The summed E-state index contributed by atoms with van der Waals surface area (Å²) in [6.07, 6.45) is 2.26. The Morgan fingerprint density at radius 1 is 1.19 bits per heavy atom. The first-order valence-corrected chi connectivity index (χ1v) is 9.77. The fraction of sp³-hybridized carbons (Fsp3) is 0.333. The summed E-state index contributed by atoms with van der Waals surface area (Å²) < 4.78 is 31.6. The molecule has 0 fully saturated rings. The zero-order valence-corrected chi connectivity index (χ0v) is 15.7. The van der Waals surface area contributed by atoms with E-state index in [1.165, 1.54) is 23.7 Å². The number of benzene rings is 1. The number of carbonyl (C=O) groups excluding carboxylic acids is 1. The van der Waals surface area contributed by atoms with Crippen molar-refractivity contribution in [1.82, 2.24) is 4.98 Å². The predicted molar refractivity (Wildman–Crippen MR) is 101 cm³/mol. The van der Waals surface area contributed by atoms with Crippen molar-refractivity contribution in [3.63, 3.8) is 0 Å². The lowest BCUT2D eigenvalue weighted by Gasteiger charge is -2.22. The van der Waals surface area contributed by atoms with Crippen LogP contribution in [0, 0.1) is 0 Å². The quantitative estimate of drug-likeness (QED) is 0.534. The van der Waals surface area contributed by atoms with Crippen LogP contribution in [0.2, 0.25) is 0 Å². The van der Waals surface area contributed by atoms with E-state index in [0.29, 0.717) is 37.4 Å². The minimum atomic E-state index is -3.68. The van der Waals surface area contributed by atoms with Gasteiger partial charge in [-0.1, -0.05) is 18.2 Å². The zero-order chi connectivity index (χ0) is 19.0. The second kappa shape index (κ2) is 9.19. The molecule has 0 aliphatic heterocycles. The summed E-state index contributed by atoms with van der Waals surface area (Å²) >= 11 is 0. The first-order chi connectivity index (χ1) is 12.5. The predicted octanol–water partition coefficient (Wildman–Crippen LogP) is 2.66. The third kappa shape index (κ3) is 4.95. The number of nitrogens with one attached hydrogen (secondary N) is 1. The van der Waals surface area contributed by atoms with Gasteiger partial charge in [-0.15, -0.1) is 0 Å². The number of hydrogen-bond donors (Lipinski definition) is 1. The molecule has 1 N–H and O–H groups in total. The first kappa shape index (κ1) is 19.7. The number of esters is 1. The molecule has 2 aromatic rings. The van der Waals surface area contributed by atoms with Gasteiger partial charge in [-0.2, -0.15) is 0 Å². The van der Waals surface area contributed by atoms with Crippen molar-refractivity contribution in [2.24, 2.45) is 0 Å². The lowest BCUT2D eigenvalue weighted by molar-refractivity contribution is -0.140. The number of para-hydroxylation sites is 1. The van der Waals surface area contributed by atoms with Gasteiger partial charge in [-0.25, -0.2) is 13.4 Å². The average Bonchev–Trinajstić information content (AvgIpc) is 2.66. The molecule has 8 heteroatoms. The van der Waals surface area contributed by atoms with Gasteiger partial charge in [0, 0.05) is 25.7 Å². The summed E-state index contributed by atoms with van der Waals surface area (Å²) in [5.41, 5.74) is 0.611. The van der Waals surface area contributed by atoms with E-state index in [2.05, 4.69) is 15.0 Å². The number of sulfonamides is 1. The van der Waals surface area contributed by atoms with Crippen LogP contribution in [0.3, 0.4) is 0 Å². The number of pyridine rings is 1. The molecule has 0 saturated heterocycles. The second-order valence-corrected chi connectivity index (χ2v) is 7.35. The molecular weight excluding hydrogens is 354 g/mol. The molecule has 1 heterocycles. The summed E-state index contributed by atoms with van der Waals surface area (Å²) in [6.45, 7) is 2.65. The first-order valence-electron chi connectivity index (χ1n) is 8.33. The van der Waals surface area contributed by atoms with Crippen molar-refractivity contribution in [1.29, 1.82) is 0 Å². The Kier molecular flexibility index (Phi) is 6.97. The van der Waals surface area contributed by atoms with E-state index < -0.39 is 10.0 Å². The monoisotopic (exact) mass is 377 g/mol. The highest BCUT2D eigenvalue weighted by Gasteiger charge is 2.23. The summed E-state index contributed by atoms with van der Waals surface area (Å²) in [5.74, 6) is 0.290. The molecular formula is C18H23N3O4S. The Labute approximate surface area is 154 Å². The van der Waals surface area contributed by atoms with Crippen LogP contribution in [0.5, 0.6) is 0 Å². The summed E-state index contributed by atoms with van der Waals surface area (Å²) in [6, 6.07) is 12.1. The van der Waals surface area contributed by atoms with E-state index in [1.807, 2.05) is 6.07 Å². The largest absolute Gasteiger partial charge is 0.469 e. The molecule has 2 rings (SSSR count). The van der Waals surface area contributed by atoms with Crippen LogP contribution in [-0.4, -0.2) is 39.6 Å². The van der Waals surface area contributed by atoms with Crippen LogP contribution >= 0.6 is 0 Å². The highest BCUT2D eigenvalue weighted by Crippen LogP contribution is 2.23. The number of nitrogens with zero attached hydrogens (tertiary/aromatic N) is 2. The van der Waals surface area contributed by atoms with Gasteiger partial charge in [0.1, 0.15) is 10.7 Å². The topological polar surface area (TPSA) is 88.6 Å². The standard InChI is InChI=1S/C18H23N3O4S/c1-3-21(15-8-5-4-6-9-15)26(23,24)16-11-12-17(20-14-16)19-13-7-10-18(22)25-2/h4-6,8-9,11-12,14H,3,7,10,13H2,1-2H3,(H,19,20). The lowest BCUT2D eigenvalue weighted by atomic mass is 10.3. The van der Waals surface area contributed by atoms with Crippen LogP contribution in [0.1, 0.15) is 19.8 Å². The van der Waals surface area contributed by atoms with E-state index in [0.717, 1.165) is 0 Å². The SMILES string of the molecule is CCN(c1ccccc1)S(=O)(=O)c1ccc(NCCCC(=O)OC)nc1. The maximum Gasteiger partial charge on any atom is 0.305 e. The third-order valence-electron chi connectivity index (χ3n) is 3.75. The lowest BCUT2D eigenvalue weighted by Crippen LogP contribution is -2.30. The molecule has 1 aromatic carbocycles.